The summed E-state index contributed by atoms with van der Waals surface area (Å²) in [4.78, 5) is 2.37. The molecule has 0 atom stereocenters. The van der Waals surface area contributed by atoms with E-state index in [0.29, 0.717) is 0 Å². The molecule has 9 aromatic rings. The Morgan fingerprint density at radius 2 is 0.552 bits per heavy atom. The van der Waals surface area contributed by atoms with E-state index in [1.54, 1.807) is 0 Å². The van der Waals surface area contributed by atoms with Gasteiger partial charge in [0.15, 0.2) is 11.5 Å². The summed E-state index contributed by atoms with van der Waals surface area (Å²) >= 11 is 0. The molecule has 0 N–H and O–H groups in total. The van der Waals surface area contributed by atoms with Crippen LogP contribution in [-0.4, -0.2) is 0 Å². The number of anilines is 3. The molecule has 0 aromatic heterocycles. The van der Waals surface area contributed by atoms with Crippen molar-refractivity contribution in [2.45, 2.75) is 13.8 Å². The third-order valence-electron chi connectivity index (χ3n) is 11.1. The summed E-state index contributed by atoms with van der Waals surface area (Å²) in [6.07, 6.45) is 0. The first-order chi connectivity index (χ1) is 28.5. The van der Waals surface area contributed by atoms with Gasteiger partial charge >= 0.3 is 0 Å². The molecule has 0 aliphatic carbocycles. The van der Waals surface area contributed by atoms with Gasteiger partial charge in [-0.25, -0.2) is 0 Å². The minimum atomic E-state index is 0.847. The van der Waals surface area contributed by atoms with Crippen molar-refractivity contribution < 1.29 is 4.74 Å². The number of nitrogens with zero attached hydrogens (tertiary/aromatic N) is 1. The zero-order chi connectivity index (χ0) is 39.0. The van der Waals surface area contributed by atoms with E-state index < -0.39 is 0 Å². The van der Waals surface area contributed by atoms with Crippen LogP contribution in [-0.2, 0) is 0 Å². The molecule has 0 radical (unpaired) electrons. The van der Waals surface area contributed by atoms with Gasteiger partial charge < -0.3 is 9.64 Å². The molecular weight excluding hydrogens is 703 g/mol. The summed E-state index contributed by atoms with van der Waals surface area (Å²) in [5.41, 5.74) is 19.4. The zero-order valence-corrected chi connectivity index (χ0v) is 32.6. The number of aryl methyl sites for hydroxylation is 2. The van der Waals surface area contributed by atoms with E-state index in [2.05, 4.69) is 231 Å². The van der Waals surface area contributed by atoms with Crippen molar-refractivity contribution >= 4 is 17.1 Å². The fourth-order valence-corrected chi connectivity index (χ4v) is 8.15. The van der Waals surface area contributed by atoms with Crippen LogP contribution in [0.25, 0.3) is 66.8 Å². The Kier molecular flexibility index (Phi) is 9.01. The van der Waals surface area contributed by atoms with Gasteiger partial charge in [-0.1, -0.05) is 133 Å². The van der Waals surface area contributed by atoms with Crippen LogP contribution in [0, 0.1) is 13.8 Å². The molecule has 1 aliphatic rings. The third-order valence-corrected chi connectivity index (χ3v) is 11.1. The van der Waals surface area contributed by atoms with Crippen LogP contribution in [0.15, 0.2) is 212 Å². The lowest BCUT2D eigenvalue weighted by atomic mass is 9.89. The number of ether oxygens (including phenoxy) is 1. The molecule has 2 nitrogen and oxygen atoms in total. The molecule has 2 heteroatoms. The molecule has 0 amide bonds. The Bertz CT molecular complexity index is 2610. The van der Waals surface area contributed by atoms with Crippen LogP contribution >= 0.6 is 0 Å². The van der Waals surface area contributed by atoms with Gasteiger partial charge in [-0.3, -0.25) is 0 Å². The largest absolute Gasteiger partial charge is 0.453 e. The Morgan fingerprint density at radius 1 is 0.276 bits per heavy atom. The maximum Gasteiger partial charge on any atom is 0.151 e. The van der Waals surface area contributed by atoms with Crippen molar-refractivity contribution in [1.82, 2.24) is 0 Å². The van der Waals surface area contributed by atoms with Crippen molar-refractivity contribution in [1.29, 1.82) is 0 Å². The maximum absolute atomic E-state index is 6.64. The SMILES string of the molecule is Cc1ccc2c(c1)Oc1cc(C)ccc1N2c1cc(-c2cc(-c3ccccc3)cc(-c3ccccc3)c2)cc(-c2cc(-c3ccccc3)cc(-c3ccccc3)c2)c1. The first-order valence-electron chi connectivity index (χ1n) is 19.9. The van der Waals surface area contributed by atoms with Gasteiger partial charge in [0, 0.05) is 5.69 Å². The summed E-state index contributed by atoms with van der Waals surface area (Å²) in [6, 6.07) is 76.9. The molecule has 0 bridgehead atoms. The Hall–Kier alpha value is -7.42. The molecule has 1 heterocycles. The van der Waals surface area contributed by atoms with Crippen LogP contribution in [0.3, 0.4) is 0 Å². The van der Waals surface area contributed by atoms with Crippen LogP contribution < -0.4 is 9.64 Å². The van der Waals surface area contributed by atoms with E-state index >= 15 is 0 Å². The number of benzene rings is 9. The standard InChI is InChI=1S/C56H41NO/c1-38-23-25-53-55(27-38)58-56-28-39(2)24-26-54(56)57(53)52-36-50(48-31-44(40-15-7-3-8-16-40)29-45(32-48)41-17-9-4-10-18-41)35-51(37-52)49-33-46(42-19-11-5-12-20-42)30-47(34-49)43-21-13-6-14-22-43/h3-37H,1-2H3. The molecule has 276 valence electrons. The second kappa shape index (κ2) is 14.9. The fraction of sp³-hybridized carbons (Fsp3) is 0.0357. The van der Waals surface area contributed by atoms with Gasteiger partial charge in [0.1, 0.15) is 0 Å². The van der Waals surface area contributed by atoms with E-state index in [9.17, 15) is 0 Å². The van der Waals surface area contributed by atoms with E-state index in [1.807, 2.05) is 0 Å². The van der Waals surface area contributed by atoms with Crippen molar-refractivity contribution in [3.63, 3.8) is 0 Å². The first-order valence-corrected chi connectivity index (χ1v) is 19.9. The summed E-state index contributed by atoms with van der Waals surface area (Å²) in [6.45, 7) is 4.24. The first kappa shape index (κ1) is 35.0. The quantitative estimate of drug-likeness (QED) is 0.161. The van der Waals surface area contributed by atoms with E-state index in [-0.39, 0.29) is 0 Å². The van der Waals surface area contributed by atoms with Gasteiger partial charge in [-0.2, -0.15) is 0 Å². The molecule has 0 saturated carbocycles. The number of hydrogen-bond acceptors (Lipinski definition) is 2. The van der Waals surface area contributed by atoms with Crippen LogP contribution in [0.1, 0.15) is 11.1 Å². The lowest BCUT2D eigenvalue weighted by Gasteiger charge is -2.34. The number of fused-ring (bicyclic) bond motifs is 2. The van der Waals surface area contributed by atoms with Crippen molar-refractivity contribution in [3.8, 4) is 78.3 Å². The summed E-state index contributed by atoms with van der Waals surface area (Å²) in [5, 5.41) is 0. The highest BCUT2D eigenvalue weighted by atomic mass is 16.5. The van der Waals surface area contributed by atoms with Gasteiger partial charge in [-0.15, -0.1) is 0 Å². The predicted molar refractivity (Wildman–Crippen MR) is 243 cm³/mol. The molecule has 0 saturated heterocycles. The minimum Gasteiger partial charge on any atom is -0.453 e. The van der Waals surface area contributed by atoms with Crippen molar-refractivity contribution in [2.75, 3.05) is 4.90 Å². The summed E-state index contributed by atoms with van der Waals surface area (Å²) < 4.78 is 6.64. The fourth-order valence-electron chi connectivity index (χ4n) is 8.15. The summed E-state index contributed by atoms with van der Waals surface area (Å²) in [5.74, 6) is 1.69. The number of hydrogen-bond donors (Lipinski definition) is 0. The maximum atomic E-state index is 6.64. The average Bonchev–Trinajstić information content (AvgIpc) is 3.29. The van der Waals surface area contributed by atoms with E-state index in [1.165, 1.54) is 44.5 Å². The lowest BCUT2D eigenvalue weighted by Crippen LogP contribution is -2.16. The predicted octanol–water partition coefficient (Wildman–Crippen LogP) is 15.9. The molecular formula is C56H41NO. The van der Waals surface area contributed by atoms with E-state index in [0.717, 1.165) is 61.9 Å². The zero-order valence-electron chi connectivity index (χ0n) is 32.6. The van der Waals surface area contributed by atoms with Crippen LogP contribution in [0.5, 0.6) is 11.5 Å². The molecule has 0 unspecified atom stereocenters. The lowest BCUT2D eigenvalue weighted by molar-refractivity contribution is 0.476. The Labute approximate surface area is 340 Å². The third kappa shape index (κ3) is 6.86. The topological polar surface area (TPSA) is 12.5 Å². The second-order valence-corrected chi connectivity index (χ2v) is 15.2. The Morgan fingerprint density at radius 3 is 0.862 bits per heavy atom. The summed E-state index contributed by atoms with van der Waals surface area (Å²) in [7, 11) is 0. The minimum absolute atomic E-state index is 0.847. The molecule has 58 heavy (non-hydrogen) atoms. The molecule has 0 spiro atoms. The van der Waals surface area contributed by atoms with Crippen molar-refractivity contribution in [2.24, 2.45) is 0 Å². The highest BCUT2D eigenvalue weighted by Crippen LogP contribution is 2.52. The number of rotatable bonds is 7. The van der Waals surface area contributed by atoms with Crippen molar-refractivity contribution in [3.05, 3.63) is 223 Å². The average molecular weight is 744 g/mol. The smallest absolute Gasteiger partial charge is 0.151 e. The van der Waals surface area contributed by atoms with Crippen LogP contribution in [0.2, 0.25) is 0 Å². The molecule has 0 fully saturated rings. The second-order valence-electron chi connectivity index (χ2n) is 15.2. The van der Waals surface area contributed by atoms with Gasteiger partial charge in [0.25, 0.3) is 0 Å². The van der Waals surface area contributed by atoms with Gasteiger partial charge in [0.2, 0.25) is 0 Å². The monoisotopic (exact) mass is 743 g/mol. The Balaban J connectivity index is 1.25. The van der Waals surface area contributed by atoms with Crippen LogP contribution in [0.4, 0.5) is 17.1 Å². The molecule has 10 rings (SSSR count). The van der Waals surface area contributed by atoms with Gasteiger partial charge in [-0.05, 0) is 171 Å². The highest BCUT2D eigenvalue weighted by Gasteiger charge is 2.27. The van der Waals surface area contributed by atoms with Gasteiger partial charge in [0.05, 0.1) is 11.4 Å². The molecule has 9 aromatic carbocycles. The molecule has 1 aliphatic heterocycles. The van der Waals surface area contributed by atoms with E-state index in [4.69, 9.17) is 4.74 Å². The normalized spacial score (nSPS) is 11.7. The highest BCUT2D eigenvalue weighted by molar-refractivity contribution is 5.92.